The van der Waals surface area contributed by atoms with Gasteiger partial charge in [-0.2, -0.15) is 0 Å². The van der Waals surface area contributed by atoms with Crippen molar-refractivity contribution in [1.29, 1.82) is 0 Å². The molecule has 1 saturated heterocycles. The van der Waals surface area contributed by atoms with Crippen LogP contribution in [0.1, 0.15) is 6.92 Å². The molecule has 0 aromatic rings. The lowest BCUT2D eigenvalue weighted by atomic mass is 9.97. The zero-order valence-electron chi connectivity index (χ0n) is 9.68. The van der Waals surface area contributed by atoms with Gasteiger partial charge in [0.1, 0.15) is 12.2 Å². The van der Waals surface area contributed by atoms with Crippen LogP contribution in [0, 0.1) is 0 Å². The Balaban J connectivity index is 2.91. The van der Waals surface area contributed by atoms with E-state index in [1.165, 1.54) is 6.92 Å². The Morgan fingerprint density at radius 1 is 1.44 bits per heavy atom. The van der Waals surface area contributed by atoms with Crippen molar-refractivity contribution >= 4 is 5.97 Å². The summed E-state index contributed by atoms with van der Waals surface area (Å²) in [6.07, 6.45) is -6.76. The minimum absolute atomic E-state index is 0.00270. The Morgan fingerprint density at radius 2 is 2.00 bits per heavy atom. The number of aliphatic hydroxyl groups excluding tert-OH is 3. The largest absolute Gasteiger partial charge is 0.453 e. The van der Waals surface area contributed by atoms with Crippen molar-refractivity contribution in [3.63, 3.8) is 0 Å². The number of hydrogen-bond donors (Lipinski definition) is 5. The first-order valence-electron chi connectivity index (χ1n) is 5.16. The van der Waals surface area contributed by atoms with Gasteiger partial charge in [-0.05, 0) is 6.92 Å². The van der Waals surface area contributed by atoms with Crippen molar-refractivity contribution in [3.8, 4) is 0 Å². The monoisotopic (exact) mass is 264 g/mol. The van der Waals surface area contributed by atoms with Gasteiger partial charge < -0.3 is 35.0 Å². The molecule has 0 aromatic carbocycles. The molecule has 1 aliphatic heterocycles. The molecule has 1 rings (SSSR count). The Morgan fingerprint density at radius 3 is 2.44 bits per heavy atom. The van der Waals surface area contributed by atoms with E-state index in [0.717, 1.165) is 0 Å². The van der Waals surface area contributed by atoms with Gasteiger partial charge in [-0.15, -0.1) is 0 Å². The van der Waals surface area contributed by atoms with Gasteiger partial charge in [0, 0.05) is 5.57 Å². The zero-order valence-corrected chi connectivity index (χ0v) is 9.68. The lowest BCUT2D eigenvalue weighted by Gasteiger charge is -2.43. The second kappa shape index (κ2) is 5.31. The number of esters is 1. The fraction of sp³-hybridized carbons (Fsp3) is 0.700. The van der Waals surface area contributed by atoms with Crippen LogP contribution in [-0.2, 0) is 14.3 Å². The maximum Gasteiger partial charge on any atom is 0.333 e. The first-order valence-corrected chi connectivity index (χ1v) is 5.16. The number of ether oxygens (including phenoxy) is 2. The van der Waals surface area contributed by atoms with Gasteiger partial charge >= 0.3 is 11.9 Å². The maximum atomic E-state index is 11.3. The molecule has 0 aliphatic carbocycles. The number of hydrogen-bond acceptors (Lipinski definition) is 8. The van der Waals surface area contributed by atoms with Gasteiger partial charge in [-0.1, -0.05) is 6.58 Å². The number of carbonyl (C=O) groups is 1. The van der Waals surface area contributed by atoms with Crippen LogP contribution in [0.25, 0.3) is 0 Å². The van der Waals surface area contributed by atoms with E-state index in [1.54, 1.807) is 0 Å². The summed E-state index contributed by atoms with van der Waals surface area (Å²) in [7, 11) is 0. The summed E-state index contributed by atoms with van der Waals surface area (Å²) in [5, 5.41) is 46.8. The molecular formula is C10H16O8. The molecule has 104 valence electrons. The third kappa shape index (κ3) is 2.86. The average molecular weight is 264 g/mol. The number of carbonyl (C=O) groups excluding carboxylic acids is 1. The first kappa shape index (κ1) is 15.0. The molecule has 0 saturated carbocycles. The molecule has 0 aromatic heterocycles. The van der Waals surface area contributed by atoms with E-state index in [9.17, 15) is 25.2 Å². The highest BCUT2D eigenvalue weighted by Crippen LogP contribution is 2.28. The second-order valence-electron chi connectivity index (χ2n) is 4.08. The Labute approximate surface area is 103 Å². The topological polar surface area (TPSA) is 137 Å². The summed E-state index contributed by atoms with van der Waals surface area (Å²) < 4.78 is 9.16. The van der Waals surface area contributed by atoms with Crippen LogP contribution in [0.5, 0.6) is 0 Å². The van der Waals surface area contributed by atoms with Crippen LogP contribution in [-0.4, -0.2) is 68.5 Å². The summed E-state index contributed by atoms with van der Waals surface area (Å²) >= 11 is 0. The first-order chi connectivity index (χ1) is 8.20. The predicted molar refractivity (Wildman–Crippen MR) is 55.8 cm³/mol. The standard InChI is InChI=1S/C10H16O8/c1-4(2)9(14)17-7-6(12)5(3-11)18-10(15,16)8(7)13/h5-8,11-13,15-16H,1,3H2,2H3/t5-,6-,7+,8-/m1/s1. The molecule has 1 fully saturated rings. The highest BCUT2D eigenvalue weighted by atomic mass is 16.8. The van der Waals surface area contributed by atoms with Crippen LogP contribution in [0.2, 0.25) is 0 Å². The highest BCUT2D eigenvalue weighted by Gasteiger charge is 2.54. The molecular weight excluding hydrogens is 248 g/mol. The Hall–Kier alpha value is -1.03. The third-order valence-corrected chi connectivity index (χ3v) is 2.51. The smallest absolute Gasteiger partial charge is 0.333 e. The summed E-state index contributed by atoms with van der Waals surface area (Å²) in [5.41, 5.74) is 0.00270. The molecule has 1 heterocycles. The second-order valence-corrected chi connectivity index (χ2v) is 4.08. The molecule has 1 aliphatic rings. The van der Waals surface area contributed by atoms with Crippen LogP contribution in [0.4, 0.5) is 0 Å². The van der Waals surface area contributed by atoms with Crippen LogP contribution in [0.3, 0.4) is 0 Å². The molecule has 5 N–H and O–H groups in total. The zero-order chi connectivity index (χ0) is 14.1. The van der Waals surface area contributed by atoms with E-state index in [1.807, 2.05) is 0 Å². The normalized spacial score (nSPS) is 35.0. The molecule has 4 atom stereocenters. The van der Waals surface area contributed by atoms with Gasteiger partial charge in [0.2, 0.25) is 0 Å². The molecule has 0 bridgehead atoms. The molecule has 0 unspecified atom stereocenters. The number of rotatable bonds is 3. The van der Waals surface area contributed by atoms with Gasteiger partial charge in [0.05, 0.1) is 6.61 Å². The van der Waals surface area contributed by atoms with Crippen molar-refractivity contribution in [2.75, 3.05) is 6.61 Å². The van der Waals surface area contributed by atoms with E-state index >= 15 is 0 Å². The number of aliphatic hydroxyl groups is 5. The maximum absolute atomic E-state index is 11.3. The van der Waals surface area contributed by atoms with Gasteiger partial charge in [-0.25, -0.2) is 4.79 Å². The Bertz CT molecular complexity index is 339. The summed E-state index contributed by atoms with van der Waals surface area (Å²) in [6, 6.07) is 0. The molecule has 18 heavy (non-hydrogen) atoms. The van der Waals surface area contributed by atoms with Crippen molar-refractivity contribution in [1.82, 2.24) is 0 Å². The minimum atomic E-state index is -3.04. The highest BCUT2D eigenvalue weighted by molar-refractivity contribution is 5.87. The van der Waals surface area contributed by atoms with E-state index < -0.39 is 43.0 Å². The van der Waals surface area contributed by atoms with Crippen molar-refractivity contribution in [2.45, 2.75) is 37.3 Å². The lowest BCUT2D eigenvalue weighted by molar-refractivity contribution is -0.434. The van der Waals surface area contributed by atoms with Gasteiger partial charge in [0.25, 0.3) is 0 Å². The van der Waals surface area contributed by atoms with Crippen LogP contribution in [0.15, 0.2) is 12.2 Å². The van der Waals surface area contributed by atoms with Crippen LogP contribution < -0.4 is 0 Å². The van der Waals surface area contributed by atoms with E-state index in [-0.39, 0.29) is 5.57 Å². The third-order valence-electron chi connectivity index (χ3n) is 2.51. The molecule has 8 nitrogen and oxygen atoms in total. The summed E-state index contributed by atoms with van der Waals surface area (Å²) in [4.78, 5) is 11.3. The van der Waals surface area contributed by atoms with E-state index in [2.05, 4.69) is 11.3 Å². The van der Waals surface area contributed by atoms with Crippen LogP contribution >= 0.6 is 0 Å². The minimum Gasteiger partial charge on any atom is -0.453 e. The molecule has 8 heteroatoms. The SMILES string of the molecule is C=C(C)C(=O)O[C@H]1[C@H](O)[C@@H](CO)OC(O)(O)[C@@H]1O. The molecule has 0 amide bonds. The Kier molecular flexibility index (Phi) is 4.43. The van der Waals surface area contributed by atoms with E-state index in [0.29, 0.717) is 0 Å². The fourth-order valence-electron chi connectivity index (χ4n) is 1.48. The molecule has 0 spiro atoms. The lowest BCUT2D eigenvalue weighted by Crippen LogP contribution is -2.66. The fourth-order valence-corrected chi connectivity index (χ4v) is 1.48. The summed E-state index contributed by atoms with van der Waals surface area (Å²) in [5.74, 6) is -3.96. The van der Waals surface area contributed by atoms with E-state index in [4.69, 9.17) is 9.84 Å². The van der Waals surface area contributed by atoms with Crippen molar-refractivity contribution in [3.05, 3.63) is 12.2 Å². The van der Waals surface area contributed by atoms with Gasteiger partial charge in [-0.3, -0.25) is 0 Å². The summed E-state index contributed by atoms with van der Waals surface area (Å²) in [6.45, 7) is 3.89. The average Bonchev–Trinajstić information content (AvgIpc) is 2.29. The van der Waals surface area contributed by atoms with Crippen molar-refractivity contribution in [2.24, 2.45) is 0 Å². The van der Waals surface area contributed by atoms with Gasteiger partial charge in [0.15, 0.2) is 12.2 Å². The van der Waals surface area contributed by atoms with Crippen molar-refractivity contribution < 1.29 is 39.8 Å². The molecule has 0 radical (unpaired) electrons. The quantitative estimate of drug-likeness (QED) is 0.210. The predicted octanol–water partition coefficient (Wildman–Crippen LogP) is -2.77.